The van der Waals surface area contributed by atoms with Gasteiger partial charge in [0.1, 0.15) is 11.5 Å². The van der Waals surface area contributed by atoms with Crippen molar-refractivity contribution in [2.75, 3.05) is 25.7 Å². The van der Waals surface area contributed by atoms with Crippen molar-refractivity contribution in [1.29, 1.82) is 5.26 Å². The van der Waals surface area contributed by atoms with Crippen LogP contribution in [0.25, 0.3) is 0 Å². The van der Waals surface area contributed by atoms with Crippen LogP contribution in [0.4, 0.5) is 5.69 Å². The number of carbonyl (C=O) groups is 1. The molecule has 0 aliphatic carbocycles. The molecule has 1 fully saturated rings. The molecule has 1 aromatic rings. The summed E-state index contributed by atoms with van der Waals surface area (Å²) in [5.41, 5.74) is 0.575. The summed E-state index contributed by atoms with van der Waals surface area (Å²) in [5.74, 6) is 0.552. The lowest BCUT2D eigenvalue weighted by Gasteiger charge is -2.20. The Morgan fingerprint density at radius 2 is 2.05 bits per heavy atom. The molecule has 5 nitrogen and oxygen atoms in total. The van der Waals surface area contributed by atoms with Crippen LogP contribution in [0.3, 0.4) is 0 Å². The van der Waals surface area contributed by atoms with Crippen LogP contribution < -0.4 is 14.4 Å². The van der Waals surface area contributed by atoms with E-state index < -0.39 is 0 Å². The van der Waals surface area contributed by atoms with E-state index in [0.29, 0.717) is 28.8 Å². The summed E-state index contributed by atoms with van der Waals surface area (Å²) in [5, 5.41) is 9.32. The highest BCUT2D eigenvalue weighted by Crippen LogP contribution is 2.40. The third-order valence-corrected chi connectivity index (χ3v) is 3.35. The number of hydrogen-bond acceptors (Lipinski definition) is 4. The lowest BCUT2D eigenvalue weighted by Crippen LogP contribution is -2.25. The molecule has 0 N–H and O–H groups in total. The van der Waals surface area contributed by atoms with Crippen LogP contribution >= 0.6 is 11.6 Å². The number of amides is 1. The zero-order valence-electron chi connectivity index (χ0n) is 10.6. The van der Waals surface area contributed by atoms with Crippen LogP contribution in [0.15, 0.2) is 12.1 Å². The Kier molecular flexibility index (Phi) is 3.82. The van der Waals surface area contributed by atoms with Crippen molar-refractivity contribution in [3.8, 4) is 17.6 Å². The summed E-state index contributed by atoms with van der Waals surface area (Å²) in [4.78, 5) is 13.5. The molecular weight excluding hydrogens is 268 g/mol. The molecule has 6 heteroatoms. The average molecular weight is 281 g/mol. The first-order chi connectivity index (χ1) is 9.10. The van der Waals surface area contributed by atoms with Gasteiger partial charge in [-0.25, -0.2) is 0 Å². The van der Waals surface area contributed by atoms with E-state index in [-0.39, 0.29) is 18.2 Å². The Labute approximate surface area is 116 Å². The van der Waals surface area contributed by atoms with Gasteiger partial charge in [-0.15, -0.1) is 0 Å². The predicted molar refractivity (Wildman–Crippen MR) is 70.6 cm³/mol. The van der Waals surface area contributed by atoms with Gasteiger partial charge in [0.2, 0.25) is 5.91 Å². The molecule has 1 amide bonds. The zero-order valence-corrected chi connectivity index (χ0v) is 11.4. The van der Waals surface area contributed by atoms with Gasteiger partial charge in [-0.2, -0.15) is 5.26 Å². The van der Waals surface area contributed by atoms with Gasteiger partial charge in [0.25, 0.3) is 0 Å². The molecule has 1 aliphatic heterocycles. The number of anilines is 1. The Hall–Kier alpha value is -1.93. The van der Waals surface area contributed by atoms with Gasteiger partial charge in [-0.1, -0.05) is 11.6 Å². The van der Waals surface area contributed by atoms with Crippen LogP contribution in [0.2, 0.25) is 5.02 Å². The second-order valence-electron chi connectivity index (χ2n) is 4.19. The van der Waals surface area contributed by atoms with Gasteiger partial charge in [0, 0.05) is 25.1 Å². The first-order valence-corrected chi connectivity index (χ1v) is 6.10. The molecule has 1 aromatic carbocycles. The van der Waals surface area contributed by atoms with Gasteiger partial charge >= 0.3 is 0 Å². The number of halogens is 1. The van der Waals surface area contributed by atoms with E-state index in [1.165, 1.54) is 19.1 Å². The lowest BCUT2D eigenvalue weighted by molar-refractivity contribution is -0.117. The highest BCUT2D eigenvalue weighted by atomic mass is 35.5. The van der Waals surface area contributed by atoms with Gasteiger partial charge in [-0.3, -0.25) is 4.79 Å². The van der Waals surface area contributed by atoms with Gasteiger partial charge in [0.15, 0.2) is 0 Å². The van der Waals surface area contributed by atoms with Crippen molar-refractivity contribution < 1.29 is 14.3 Å². The Balaban J connectivity index is 2.44. The van der Waals surface area contributed by atoms with Crippen LogP contribution in [0.1, 0.15) is 6.42 Å². The number of benzene rings is 1. The standard InChI is InChI=1S/C13H13ClN2O3/c1-18-11-5-10(12(19-2)4-9(11)14)16-7-8(6-15)3-13(16)17/h4-5,8H,3,7H2,1-2H3. The van der Waals surface area contributed by atoms with Crippen molar-refractivity contribution in [2.24, 2.45) is 5.92 Å². The zero-order chi connectivity index (χ0) is 14.0. The van der Waals surface area contributed by atoms with Crippen molar-refractivity contribution in [1.82, 2.24) is 0 Å². The van der Waals surface area contributed by atoms with Gasteiger partial charge in [0.05, 0.1) is 36.9 Å². The fourth-order valence-corrected chi connectivity index (χ4v) is 2.31. The molecule has 2 rings (SSSR count). The number of ether oxygens (including phenoxy) is 2. The number of rotatable bonds is 3. The first-order valence-electron chi connectivity index (χ1n) is 5.72. The minimum Gasteiger partial charge on any atom is -0.495 e. The predicted octanol–water partition coefficient (Wildman–Crippen LogP) is 2.23. The minimum atomic E-state index is -0.293. The minimum absolute atomic E-state index is 0.103. The Morgan fingerprint density at radius 3 is 2.58 bits per heavy atom. The smallest absolute Gasteiger partial charge is 0.228 e. The highest BCUT2D eigenvalue weighted by molar-refractivity contribution is 6.32. The maximum atomic E-state index is 11.9. The molecule has 0 spiro atoms. The molecule has 0 aromatic heterocycles. The fourth-order valence-electron chi connectivity index (χ4n) is 2.08. The molecule has 0 radical (unpaired) electrons. The first kappa shape index (κ1) is 13.5. The second kappa shape index (κ2) is 5.37. The number of carbonyl (C=O) groups excluding carboxylic acids is 1. The van der Waals surface area contributed by atoms with Crippen molar-refractivity contribution in [3.63, 3.8) is 0 Å². The van der Waals surface area contributed by atoms with E-state index in [4.69, 9.17) is 26.3 Å². The molecule has 19 heavy (non-hydrogen) atoms. The molecule has 1 unspecified atom stereocenters. The summed E-state index contributed by atoms with van der Waals surface area (Å²) >= 11 is 6.02. The van der Waals surface area contributed by atoms with Crippen LogP contribution in [-0.4, -0.2) is 26.7 Å². The largest absolute Gasteiger partial charge is 0.495 e. The molecular formula is C13H13ClN2O3. The van der Waals surface area contributed by atoms with Crippen molar-refractivity contribution >= 4 is 23.2 Å². The van der Waals surface area contributed by atoms with E-state index in [1.54, 1.807) is 12.1 Å². The van der Waals surface area contributed by atoms with E-state index in [9.17, 15) is 4.79 Å². The Morgan fingerprint density at radius 1 is 1.37 bits per heavy atom. The lowest BCUT2D eigenvalue weighted by atomic mass is 10.1. The third kappa shape index (κ3) is 2.45. The monoisotopic (exact) mass is 280 g/mol. The molecule has 1 saturated heterocycles. The summed E-state index contributed by atoms with van der Waals surface area (Å²) in [6.07, 6.45) is 0.227. The van der Waals surface area contributed by atoms with Gasteiger partial charge < -0.3 is 14.4 Å². The molecule has 0 saturated carbocycles. The summed E-state index contributed by atoms with van der Waals surface area (Å²) in [7, 11) is 3.01. The summed E-state index contributed by atoms with van der Waals surface area (Å²) < 4.78 is 10.4. The maximum absolute atomic E-state index is 11.9. The molecule has 1 aliphatic rings. The van der Waals surface area contributed by atoms with E-state index in [2.05, 4.69) is 6.07 Å². The van der Waals surface area contributed by atoms with E-state index in [0.717, 1.165) is 0 Å². The quantitative estimate of drug-likeness (QED) is 0.852. The molecule has 0 bridgehead atoms. The van der Waals surface area contributed by atoms with Crippen molar-refractivity contribution in [2.45, 2.75) is 6.42 Å². The summed E-state index contributed by atoms with van der Waals surface area (Å²) in [6.45, 7) is 0.358. The van der Waals surface area contributed by atoms with E-state index >= 15 is 0 Å². The molecule has 1 heterocycles. The SMILES string of the molecule is COc1cc(N2CC(C#N)CC2=O)c(OC)cc1Cl. The highest BCUT2D eigenvalue weighted by Gasteiger charge is 2.32. The Bertz CT molecular complexity index is 554. The van der Waals surface area contributed by atoms with E-state index in [1.807, 2.05) is 0 Å². The number of hydrogen-bond donors (Lipinski definition) is 0. The molecule has 100 valence electrons. The normalized spacial score (nSPS) is 18.3. The number of nitriles is 1. The third-order valence-electron chi connectivity index (χ3n) is 3.05. The van der Waals surface area contributed by atoms with Crippen LogP contribution in [-0.2, 0) is 4.79 Å². The molecule has 1 atom stereocenters. The fraction of sp³-hybridized carbons (Fsp3) is 0.385. The van der Waals surface area contributed by atoms with Crippen LogP contribution in [0.5, 0.6) is 11.5 Å². The topological polar surface area (TPSA) is 62.6 Å². The maximum Gasteiger partial charge on any atom is 0.228 e. The van der Waals surface area contributed by atoms with Gasteiger partial charge in [-0.05, 0) is 0 Å². The number of nitrogens with zero attached hydrogens (tertiary/aromatic N) is 2. The summed E-state index contributed by atoms with van der Waals surface area (Å²) in [6, 6.07) is 5.36. The second-order valence-corrected chi connectivity index (χ2v) is 4.60. The average Bonchev–Trinajstić information content (AvgIpc) is 2.79. The number of methoxy groups -OCH3 is 2. The van der Waals surface area contributed by atoms with Crippen molar-refractivity contribution in [3.05, 3.63) is 17.2 Å². The van der Waals surface area contributed by atoms with Crippen LogP contribution in [0, 0.1) is 17.2 Å².